The van der Waals surface area contributed by atoms with Crippen molar-refractivity contribution in [3.63, 3.8) is 0 Å². The Labute approximate surface area is 259 Å². The quantitative estimate of drug-likeness (QED) is 0.278. The summed E-state index contributed by atoms with van der Waals surface area (Å²) in [6.45, 7) is 12.9. The number of aryl methyl sites for hydroxylation is 2. The van der Waals surface area contributed by atoms with Gasteiger partial charge in [0.2, 0.25) is 5.95 Å². The normalized spacial score (nSPS) is 21.0. The molecule has 8 rings (SSSR count). The summed E-state index contributed by atoms with van der Waals surface area (Å²) in [5, 5.41) is 13.7. The zero-order valence-corrected chi connectivity index (χ0v) is 25.7. The third-order valence-electron chi connectivity index (χ3n) is 9.11. The number of anilines is 4. The number of hydrogen-bond donors (Lipinski definition) is 4. The smallest absolute Gasteiger partial charge is 0.227 e. The van der Waals surface area contributed by atoms with Crippen LogP contribution >= 0.6 is 0 Å². The van der Waals surface area contributed by atoms with Crippen molar-refractivity contribution >= 4 is 23.1 Å². The van der Waals surface area contributed by atoms with Gasteiger partial charge in [-0.05, 0) is 79.3 Å². The lowest BCUT2D eigenvalue weighted by Gasteiger charge is -2.41. The highest BCUT2D eigenvalue weighted by molar-refractivity contribution is 5.59. The molecule has 4 N–H and O–H groups in total. The summed E-state index contributed by atoms with van der Waals surface area (Å²) in [6, 6.07) is 18.2. The molecule has 2 aromatic carbocycles. The molecule has 44 heavy (non-hydrogen) atoms. The van der Waals surface area contributed by atoms with E-state index in [0.717, 1.165) is 93.9 Å². The van der Waals surface area contributed by atoms with Gasteiger partial charge in [-0.3, -0.25) is 9.80 Å². The fourth-order valence-electron chi connectivity index (χ4n) is 7.04. The summed E-state index contributed by atoms with van der Waals surface area (Å²) in [7, 11) is 0. The maximum absolute atomic E-state index is 4.47. The van der Waals surface area contributed by atoms with Crippen LogP contribution in [-0.2, 0) is 12.8 Å². The van der Waals surface area contributed by atoms with Gasteiger partial charge in [0.1, 0.15) is 11.6 Å². The summed E-state index contributed by atoms with van der Waals surface area (Å²) >= 11 is 0. The topological polar surface area (TPSA) is 106 Å². The van der Waals surface area contributed by atoms with E-state index in [4.69, 9.17) is 0 Å². The van der Waals surface area contributed by atoms with Crippen LogP contribution in [0.4, 0.5) is 23.1 Å². The second-order valence-corrected chi connectivity index (χ2v) is 12.1. The van der Waals surface area contributed by atoms with Gasteiger partial charge in [-0.2, -0.15) is 0 Å². The van der Waals surface area contributed by atoms with Gasteiger partial charge in [-0.1, -0.05) is 12.1 Å². The van der Waals surface area contributed by atoms with E-state index in [2.05, 4.69) is 87.4 Å². The average Bonchev–Trinajstić information content (AvgIpc) is 3.05. The standard InChI is InChI=1S/C18H23N5.C16H19N5/c1-12-9-18(21-13(2)20-12)22-15-3-4-16-14(10-15)5-7-23-8-6-19-11-17(16)23;1-5-18-16(19-6-1)20-13-2-3-14-12(10-13)4-8-21-9-7-17-11-15(14)21/h3-4,9-10,17,19H,5-8,11H2,1-2H3,(H,20,21,22);1-3,5-6,10,15,17H,4,7-9,11H2,(H,18,19,20)/t17-;15-/m00/s1. The highest BCUT2D eigenvalue weighted by Crippen LogP contribution is 2.34. The van der Waals surface area contributed by atoms with Gasteiger partial charge in [0.15, 0.2) is 0 Å². The minimum absolute atomic E-state index is 0.532. The van der Waals surface area contributed by atoms with Gasteiger partial charge in [-0.15, -0.1) is 0 Å². The van der Waals surface area contributed by atoms with Gasteiger partial charge in [0.25, 0.3) is 0 Å². The minimum atomic E-state index is 0.532. The molecule has 10 nitrogen and oxygen atoms in total. The van der Waals surface area contributed by atoms with Gasteiger partial charge in [-0.25, -0.2) is 19.9 Å². The fraction of sp³-hybridized carbons (Fsp3) is 0.412. The summed E-state index contributed by atoms with van der Waals surface area (Å²) in [4.78, 5) is 22.4. The Morgan fingerprint density at radius 2 is 1.30 bits per heavy atom. The van der Waals surface area contributed by atoms with Gasteiger partial charge < -0.3 is 21.3 Å². The van der Waals surface area contributed by atoms with Crippen molar-refractivity contribution in [2.75, 3.05) is 63.0 Å². The molecule has 2 atom stereocenters. The molecule has 6 heterocycles. The SMILES string of the molecule is Cc1cc(Nc2ccc3c(c2)CCN2CCNC[C@@H]32)nc(C)n1.c1cnc(Nc2ccc3c(c2)CCN2CCNC[C@@H]32)nc1. The number of aromatic nitrogens is 4. The van der Waals surface area contributed by atoms with E-state index in [1.54, 1.807) is 12.4 Å². The second-order valence-electron chi connectivity index (χ2n) is 12.1. The lowest BCUT2D eigenvalue weighted by molar-refractivity contribution is 0.152. The first kappa shape index (κ1) is 28.8. The largest absolute Gasteiger partial charge is 0.340 e. The zero-order valence-electron chi connectivity index (χ0n) is 25.7. The number of hydrogen-bond acceptors (Lipinski definition) is 10. The molecule has 0 bridgehead atoms. The van der Waals surface area contributed by atoms with E-state index in [9.17, 15) is 0 Å². The number of piperazine rings is 2. The van der Waals surface area contributed by atoms with E-state index in [1.165, 1.54) is 22.3 Å². The number of fused-ring (bicyclic) bond motifs is 6. The zero-order chi connectivity index (χ0) is 29.9. The highest BCUT2D eigenvalue weighted by Gasteiger charge is 2.30. The van der Waals surface area contributed by atoms with E-state index in [-0.39, 0.29) is 0 Å². The molecule has 0 spiro atoms. The van der Waals surface area contributed by atoms with Crippen LogP contribution in [0.2, 0.25) is 0 Å². The Morgan fingerprint density at radius 3 is 1.89 bits per heavy atom. The lowest BCUT2D eigenvalue weighted by Crippen LogP contribution is -2.48. The summed E-state index contributed by atoms with van der Waals surface area (Å²) < 4.78 is 0. The van der Waals surface area contributed by atoms with Gasteiger partial charge >= 0.3 is 0 Å². The Balaban J connectivity index is 0.000000143. The molecule has 10 heteroatoms. The molecular formula is C34H42N10. The predicted molar refractivity (Wildman–Crippen MR) is 175 cm³/mol. The predicted octanol–water partition coefficient (Wildman–Crippen LogP) is 4.06. The number of benzene rings is 2. The molecule has 4 aromatic rings. The molecule has 228 valence electrons. The second kappa shape index (κ2) is 13.0. The van der Waals surface area contributed by atoms with Crippen molar-refractivity contribution in [2.24, 2.45) is 0 Å². The summed E-state index contributed by atoms with van der Waals surface area (Å²) in [5.74, 6) is 2.32. The first-order chi connectivity index (χ1) is 21.6. The maximum atomic E-state index is 4.47. The summed E-state index contributed by atoms with van der Waals surface area (Å²) in [5.41, 5.74) is 9.01. The van der Waals surface area contributed by atoms with Crippen molar-refractivity contribution < 1.29 is 0 Å². The minimum Gasteiger partial charge on any atom is -0.340 e. The van der Waals surface area contributed by atoms with Crippen LogP contribution in [0.1, 0.15) is 45.9 Å². The molecule has 2 aromatic heterocycles. The van der Waals surface area contributed by atoms with Crippen LogP contribution in [0.5, 0.6) is 0 Å². The van der Waals surface area contributed by atoms with Crippen LogP contribution in [0.15, 0.2) is 60.9 Å². The first-order valence-electron chi connectivity index (χ1n) is 15.9. The van der Waals surface area contributed by atoms with Crippen LogP contribution < -0.4 is 21.3 Å². The van der Waals surface area contributed by atoms with Crippen LogP contribution in [0.25, 0.3) is 0 Å². The van der Waals surface area contributed by atoms with Gasteiger partial charge in [0, 0.05) is 100.0 Å². The Kier molecular flexibility index (Phi) is 8.48. The average molecular weight is 591 g/mol. The third kappa shape index (κ3) is 6.44. The van der Waals surface area contributed by atoms with Crippen LogP contribution in [0, 0.1) is 13.8 Å². The summed E-state index contributed by atoms with van der Waals surface area (Å²) in [6.07, 6.45) is 5.75. The molecule has 4 aliphatic heterocycles. The van der Waals surface area contributed by atoms with E-state index in [0.29, 0.717) is 18.0 Å². The Bertz CT molecular complexity index is 1570. The number of nitrogens with zero attached hydrogens (tertiary/aromatic N) is 6. The Hall–Kier alpha value is -3.96. The third-order valence-corrected chi connectivity index (χ3v) is 9.11. The van der Waals surface area contributed by atoms with Crippen molar-refractivity contribution in [1.82, 2.24) is 40.4 Å². The molecule has 2 fully saturated rings. The molecule has 0 unspecified atom stereocenters. The van der Waals surface area contributed by atoms with Crippen LogP contribution in [0.3, 0.4) is 0 Å². The molecule has 0 aliphatic carbocycles. The van der Waals surface area contributed by atoms with E-state index >= 15 is 0 Å². The monoisotopic (exact) mass is 590 g/mol. The molecular weight excluding hydrogens is 548 g/mol. The maximum Gasteiger partial charge on any atom is 0.227 e. The first-order valence-corrected chi connectivity index (χ1v) is 15.9. The Morgan fingerprint density at radius 1 is 0.705 bits per heavy atom. The molecule has 0 radical (unpaired) electrons. The number of rotatable bonds is 4. The van der Waals surface area contributed by atoms with Gasteiger partial charge in [0.05, 0.1) is 0 Å². The molecule has 2 saturated heterocycles. The van der Waals surface area contributed by atoms with E-state index in [1.807, 2.05) is 26.0 Å². The van der Waals surface area contributed by atoms with Crippen LogP contribution in [-0.4, -0.2) is 82.1 Å². The molecule has 4 aliphatic rings. The highest BCUT2D eigenvalue weighted by atomic mass is 15.2. The molecule has 0 amide bonds. The van der Waals surface area contributed by atoms with Crippen molar-refractivity contribution in [1.29, 1.82) is 0 Å². The van der Waals surface area contributed by atoms with Crippen molar-refractivity contribution in [2.45, 2.75) is 38.8 Å². The molecule has 0 saturated carbocycles. The van der Waals surface area contributed by atoms with Crippen molar-refractivity contribution in [3.05, 3.63) is 94.7 Å². The number of nitrogens with one attached hydrogen (secondary N) is 4. The van der Waals surface area contributed by atoms with Crippen molar-refractivity contribution in [3.8, 4) is 0 Å². The van der Waals surface area contributed by atoms with E-state index < -0.39 is 0 Å². The lowest BCUT2D eigenvalue weighted by atomic mass is 9.91. The fourth-order valence-corrected chi connectivity index (χ4v) is 7.04.